The van der Waals surface area contributed by atoms with Crippen LogP contribution in [-0.2, 0) is 0 Å². The second-order valence-electron chi connectivity index (χ2n) is 4.79. The van der Waals surface area contributed by atoms with E-state index in [4.69, 9.17) is 4.74 Å². The molecule has 2 rings (SSSR count). The van der Waals surface area contributed by atoms with Crippen molar-refractivity contribution in [3.8, 4) is 5.75 Å². The van der Waals surface area contributed by atoms with E-state index < -0.39 is 6.10 Å². The van der Waals surface area contributed by atoms with Gasteiger partial charge >= 0.3 is 0 Å². The van der Waals surface area contributed by atoms with E-state index in [1.807, 2.05) is 11.8 Å². The number of nitrogens with zero attached hydrogens (tertiary/aromatic N) is 1. The molecule has 0 amide bonds. The number of hydrogen-bond acceptors (Lipinski definition) is 4. The molecule has 0 bridgehead atoms. The van der Waals surface area contributed by atoms with Gasteiger partial charge in [0.25, 0.3) is 0 Å². The molecule has 1 atom stereocenters. The van der Waals surface area contributed by atoms with Gasteiger partial charge in [-0.15, -0.1) is 0 Å². The minimum Gasteiger partial charge on any atom is -0.491 e. The van der Waals surface area contributed by atoms with Gasteiger partial charge in [0.05, 0.1) is 0 Å². The van der Waals surface area contributed by atoms with E-state index in [9.17, 15) is 9.50 Å². The normalized spacial score (nSPS) is 18.3. The summed E-state index contributed by atoms with van der Waals surface area (Å²) in [6, 6.07) is 4.77. The van der Waals surface area contributed by atoms with E-state index in [-0.39, 0.29) is 12.4 Å². The van der Waals surface area contributed by atoms with Gasteiger partial charge < -0.3 is 9.84 Å². The summed E-state index contributed by atoms with van der Waals surface area (Å²) in [5, 5.41) is 9.92. The molecular weight excluding hydrogens is 265 g/mol. The highest BCUT2D eigenvalue weighted by Crippen LogP contribution is 2.16. The highest BCUT2D eigenvalue weighted by atomic mass is 32.2. The van der Waals surface area contributed by atoms with Gasteiger partial charge in [-0.25, -0.2) is 4.39 Å². The van der Waals surface area contributed by atoms with Crippen LogP contribution >= 0.6 is 11.8 Å². The van der Waals surface area contributed by atoms with E-state index in [0.29, 0.717) is 17.9 Å². The van der Waals surface area contributed by atoms with Gasteiger partial charge in [0.2, 0.25) is 0 Å². The van der Waals surface area contributed by atoms with Gasteiger partial charge in [-0.1, -0.05) is 6.07 Å². The first kappa shape index (κ1) is 14.6. The van der Waals surface area contributed by atoms with Gasteiger partial charge in [0.1, 0.15) is 24.3 Å². The zero-order valence-corrected chi connectivity index (χ0v) is 12.0. The summed E-state index contributed by atoms with van der Waals surface area (Å²) in [5.41, 5.74) is 0.596. The maximum Gasteiger partial charge on any atom is 0.129 e. The van der Waals surface area contributed by atoms with E-state index in [1.165, 1.54) is 6.07 Å². The average molecular weight is 285 g/mol. The highest BCUT2D eigenvalue weighted by Gasteiger charge is 2.15. The predicted molar refractivity (Wildman–Crippen MR) is 76.4 cm³/mol. The Bertz CT molecular complexity index is 410. The smallest absolute Gasteiger partial charge is 0.129 e. The molecule has 5 heteroatoms. The number of ether oxygens (including phenoxy) is 1. The number of aliphatic hydroxyl groups is 1. The van der Waals surface area contributed by atoms with Crippen LogP contribution < -0.4 is 4.74 Å². The molecule has 0 spiro atoms. The van der Waals surface area contributed by atoms with Crippen LogP contribution in [0.15, 0.2) is 18.2 Å². The van der Waals surface area contributed by atoms with Gasteiger partial charge in [0, 0.05) is 37.2 Å². The fourth-order valence-corrected chi connectivity index (χ4v) is 2.97. The first-order chi connectivity index (χ1) is 9.15. The zero-order chi connectivity index (χ0) is 13.7. The van der Waals surface area contributed by atoms with Gasteiger partial charge in [0.15, 0.2) is 0 Å². The van der Waals surface area contributed by atoms with Crippen LogP contribution in [-0.4, -0.2) is 53.9 Å². The average Bonchev–Trinajstić information content (AvgIpc) is 2.41. The highest BCUT2D eigenvalue weighted by molar-refractivity contribution is 7.99. The van der Waals surface area contributed by atoms with E-state index >= 15 is 0 Å². The number of thioether (sulfide) groups is 1. The van der Waals surface area contributed by atoms with Crippen molar-refractivity contribution in [1.29, 1.82) is 0 Å². The molecule has 19 heavy (non-hydrogen) atoms. The second kappa shape index (κ2) is 7.12. The van der Waals surface area contributed by atoms with Crippen molar-refractivity contribution in [1.82, 2.24) is 4.90 Å². The Kier molecular flexibility index (Phi) is 5.48. The summed E-state index contributed by atoms with van der Waals surface area (Å²) in [7, 11) is 0. The summed E-state index contributed by atoms with van der Waals surface area (Å²) >= 11 is 1.94. The molecule has 1 fully saturated rings. The SMILES string of the molecule is Cc1ccc(OCC(O)CN2CCSCC2)cc1F. The van der Waals surface area contributed by atoms with Crippen molar-refractivity contribution < 1.29 is 14.2 Å². The van der Waals surface area contributed by atoms with E-state index in [0.717, 1.165) is 24.6 Å². The summed E-state index contributed by atoms with van der Waals surface area (Å²) in [4.78, 5) is 2.24. The molecule has 1 saturated heterocycles. The predicted octanol–water partition coefficient (Wildman–Crippen LogP) is 1.92. The number of hydrogen-bond donors (Lipinski definition) is 1. The molecule has 1 aromatic rings. The zero-order valence-electron chi connectivity index (χ0n) is 11.1. The maximum atomic E-state index is 13.3. The first-order valence-corrected chi connectivity index (χ1v) is 7.68. The molecule has 0 radical (unpaired) electrons. The van der Waals surface area contributed by atoms with Crippen molar-refractivity contribution in [2.24, 2.45) is 0 Å². The molecule has 1 unspecified atom stereocenters. The summed E-state index contributed by atoms with van der Waals surface area (Å²) < 4.78 is 18.7. The minimum atomic E-state index is -0.535. The molecule has 1 heterocycles. The summed E-state index contributed by atoms with van der Waals surface area (Å²) in [6.07, 6.45) is -0.535. The molecule has 0 saturated carbocycles. The van der Waals surface area contributed by atoms with Crippen molar-refractivity contribution >= 4 is 11.8 Å². The fraction of sp³-hybridized carbons (Fsp3) is 0.571. The van der Waals surface area contributed by atoms with Gasteiger partial charge in [-0.2, -0.15) is 11.8 Å². The molecule has 0 aromatic heterocycles. The fourth-order valence-electron chi connectivity index (χ4n) is 1.99. The molecule has 0 aliphatic carbocycles. The quantitative estimate of drug-likeness (QED) is 0.896. The van der Waals surface area contributed by atoms with Crippen LogP contribution in [0.3, 0.4) is 0 Å². The van der Waals surface area contributed by atoms with Crippen molar-refractivity contribution in [2.45, 2.75) is 13.0 Å². The molecule has 3 nitrogen and oxygen atoms in total. The Balaban J connectivity index is 1.75. The van der Waals surface area contributed by atoms with Crippen LogP contribution in [0, 0.1) is 12.7 Å². The van der Waals surface area contributed by atoms with Crippen molar-refractivity contribution in [2.75, 3.05) is 37.7 Å². The van der Waals surface area contributed by atoms with Crippen LogP contribution in [0.2, 0.25) is 0 Å². The lowest BCUT2D eigenvalue weighted by Crippen LogP contribution is -2.40. The Morgan fingerprint density at radius 1 is 1.42 bits per heavy atom. The standard InChI is InChI=1S/C14H20FNO2S/c1-11-2-3-13(8-14(11)15)18-10-12(17)9-16-4-6-19-7-5-16/h2-3,8,12,17H,4-7,9-10H2,1H3. The Hall–Kier alpha value is -0.780. The first-order valence-electron chi connectivity index (χ1n) is 6.52. The van der Waals surface area contributed by atoms with E-state index in [2.05, 4.69) is 4.90 Å². The number of aryl methyl sites for hydroxylation is 1. The number of rotatable bonds is 5. The van der Waals surface area contributed by atoms with Crippen LogP contribution in [0.4, 0.5) is 4.39 Å². The third-order valence-electron chi connectivity index (χ3n) is 3.16. The molecule has 1 N–H and O–H groups in total. The Morgan fingerprint density at radius 2 is 2.16 bits per heavy atom. The maximum absolute atomic E-state index is 13.3. The van der Waals surface area contributed by atoms with Gasteiger partial charge in [-0.3, -0.25) is 4.90 Å². The summed E-state index contributed by atoms with van der Waals surface area (Å²) in [5.74, 6) is 2.43. The molecule has 106 valence electrons. The number of halogens is 1. The topological polar surface area (TPSA) is 32.7 Å². The molecule has 1 aromatic carbocycles. The number of aliphatic hydroxyl groups excluding tert-OH is 1. The van der Waals surface area contributed by atoms with Crippen molar-refractivity contribution in [3.05, 3.63) is 29.6 Å². The number of β-amino-alcohol motifs (C(OH)–C–C–N with tert-alkyl or cyclic N) is 1. The summed E-state index contributed by atoms with van der Waals surface area (Å²) in [6.45, 7) is 4.56. The number of benzene rings is 1. The Labute approximate surface area is 117 Å². The van der Waals surface area contributed by atoms with E-state index in [1.54, 1.807) is 19.1 Å². The molecule has 1 aliphatic rings. The molecule has 1 aliphatic heterocycles. The van der Waals surface area contributed by atoms with Crippen LogP contribution in [0.5, 0.6) is 5.75 Å². The lowest BCUT2D eigenvalue weighted by atomic mass is 10.2. The third-order valence-corrected chi connectivity index (χ3v) is 4.10. The van der Waals surface area contributed by atoms with Gasteiger partial charge in [-0.05, 0) is 18.6 Å². The van der Waals surface area contributed by atoms with Crippen LogP contribution in [0.25, 0.3) is 0 Å². The largest absolute Gasteiger partial charge is 0.491 e. The lowest BCUT2D eigenvalue weighted by molar-refractivity contribution is 0.0714. The Morgan fingerprint density at radius 3 is 2.84 bits per heavy atom. The monoisotopic (exact) mass is 285 g/mol. The van der Waals surface area contributed by atoms with Crippen molar-refractivity contribution in [3.63, 3.8) is 0 Å². The molecular formula is C14H20FNO2S. The van der Waals surface area contributed by atoms with Crippen LogP contribution in [0.1, 0.15) is 5.56 Å². The minimum absolute atomic E-state index is 0.201. The second-order valence-corrected chi connectivity index (χ2v) is 6.01. The third kappa shape index (κ3) is 4.67. The lowest BCUT2D eigenvalue weighted by Gasteiger charge is -2.28.